The lowest BCUT2D eigenvalue weighted by Crippen LogP contribution is -2.14. The number of rotatable bonds is 2. The van der Waals surface area contributed by atoms with E-state index in [0.717, 1.165) is 28.1 Å². The molecule has 0 N–H and O–H groups in total. The van der Waals surface area contributed by atoms with Crippen molar-refractivity contribution in [2.75, 3.05) is 0 Å². The zero-order valence-electron chi connectivity index (χ0n) is 15.6. The summed E-state index contributed by atoms with van der Waals surface area (Å²) >= 11 is 0. The van der Waals surface area contributed by atoms with Gasteiger partial charge in [-0.2, -0.15) is 5.26 Å². The van der Waals surface area contributed by atoms with E-state index in [-0.39, 0.29) is 5.41 Å². The topological polar surface area (TPSA) is 54.0 Å². The molecule has 0 aliphatic carbocycles. The minimum absolute atomic E-state index is 0.0191. The van der Waals surface area contributed by atoms with Crippen LogP contribution in [0.25, 0.3) is 28.2 Å². The average molecular weight is 352 g/mol. The Morgan fingerprint density at radius 2 is 1.74 bits per heavy atom. The van der Waals surface area contributed by atoms with Gasteiger partial charge >= 0.3 is 0 Å². The Morgan fingerprint density at radius 1 is 0.963 bits per heavy atom. The fourth-order valence-electron chi connectivity index (χ4n) is 3.18. The van der Waals surface area contributed by atoms with Crippen molar-refractivity contribution in [2.45, 2.75) is 26.2 Å². The van der Waals surface area contributed by atoms with E-state index >= 15 is 0 Å². The molecule has 132 valence electrons. The second-order valence-electron chi connectivity index (χ2n) is 7.61. The zero-order valence-corrected chi connectivity index (χ0v) is 15.6. The van der Waals surface area contributed by atoms with E-state index < -0.39 is 0 Å². The molecule has 0 fully saturated rings. The third kappa shape index (κ3) is 3.09. The summed E-state index contributed by atoms with van der Waals surface area (Å²) in [7, 11) is 0. The Labute approximate surface area is 158 Å². The smallest absolute Gasteiger partial charge is 0.234 e. The van der Waals surface area contributed by atoms with Crippen molar-refractivity contribution in [3.8, 4) is 28.5 Å². The van der Waals surface area contributed by atoms with Crippen LogP contribution in [0.4, 0.5) is 0 Å². The van der Waals surface area contributed by atoms with E-state index in [2.05, 4.69) is 44.0 Å². The van der Waals surface area contributed by atoms with Crippen LogP contribution in [-0.2, 0) is 5.41 Å². The summed E-state index contributed by atoms with van der Waals surface area (Å²) in [6.45, 7) is 6.43. The molecule has 0 aliphatic heterocycles. The minimum Gasteiger partial charge on any atom is -0.284 e. The van der Waals surface area contributed by atoms with Crippen molar-refractivity contribution in [2.24, 2.45) is 0 Å². The van der Waals surface area contributed by atoms with Gasteiger partial charge in [0.05, 0.1) is 29.2 Å². The van der Waals surface area contributed by atoms with E-state index in [1.165, 1.54) is 0 Å². The number of hydrogen-bond donors (Lipinski definition) is 0. The summed E-state index contributed by atoms with van der Waals surface area (Å²) in [6, 6.07) is 20.2. The minimum atomic E-state index is -0.0191. The van der Waals surface area contributed by atoms with Gasteiger partial charge in [-0.05, 0) is 29.3 Å². The Kier molecular flexibility index (Phi) is 4.01. The molecule has 4 heteroatoms. The van der Waals surface area contributed by atoms with Crippen LogP contribution in [0.2, 0.25) is 0 Å². The highest BCUT2D eigenvalue weighted by molar-refractivity contribution is 5.75. The lowest BCUT2D eigenvalue weighted by molar-refractivity contribution is 0.568. The predicted molar refractivity (Wildman–Crippen MR) is 107 cm³/mol. The Bertz CT molecular complexity index is 1170. The average Bonchev–Trinajstić information content (AvgIpc) is 3.10. The van der Waals surface area contributed by atoms with Crippen molar-refractivity contribution in [1.82, 2.24) is 14.4 Å². The number of aromatic nitrogens is 3. The van der Waals surface area contributed by atoms with Gasteiger partial charge in [0.1, 0.15) is 0 Å². The normalized spacial score (nSPS) is 11.5. The number of fused-ring (bicyclic) bond motifs is 1. The molecular formula is C23H20N4. The van der Waals surface area contributed by atoms with Gasteiger partial charge < -0.3 is 0 Å². The van der Waals surface area contributed by atoms with Gasteiger partial charge in [0.2, 0.25) is 5.78 Å². The lowest BCUT2D eigenvalue weighted by atomic mass is 9.92. The number of nitriles is 1. The van der Waals surface area contributed by atoms with Gasteiger partial charge in [-0.15, -0.1) is 0 Å². The zero-order chi connectivity index (χ0) is 19.0. The Balaban J connectivity index is 1.82. The molecule has 0 saturated heterocycles. The molecule has 0 atom stereocenters. The van der Waals surface area contributed by atoms with Crippen molar-refractivity contribution in [3.05, 3.63) is 78.2 Å². The van der Waals surface area contributed by atoms with Gasteiger partial charge in [-0.25, -0.2) is 9.97 Å². The Morgan fingerprint density at radius 3 is 2.52 bits per heavy atom. The molecule has 2 aromatic carbocycles. The van der Waals surface area contributed by atoms with Crippen LogP contribution in [-0.4, -0.2) is 14.4 Å². The van der Waals surface area contributed by atoms with Crippen LogP contribution in [0.5, 0.6) is 0 Å². The van der Waals surface area contributed by atoms with Gasteiger partial charge in [0.15, 0.2) is 0 Å². The summed E-state index contributed by atoms with van der Waals surface area (Å²) in [5.74, 6) is 0.695. The quantitative estimate of drug-likeness (QED) is 0.496. The van der Waals surface area contributed by atoms with Crippen molar-refractivity contribution >= 4 is 5.78 Å². The first-order valence-electron chi connectivity index (χ1n) is 8.92. The van der Waals surface area contributed by atoms with E-state index in [1.807, 2.05) is 59.3 Å². The molecule has 0 radical (unpaired) electrons. The van der Waals surface area contributed by atoms with E-state index in [9.17, 15) is 5.26 Å². The fourth-order valence-corrected chi connectivity index (χ4v) is 3.18. The van der Waals surface area contributed by atoms with E-state index in [4.69, 9.17) is 4.98 Å². The van der Waals surface area contributed by atoms with Gasteiger partial charge in [0.25, 0.3) is 0 Å². The first-order valence-corrected chi connectivity index (χ1v) is 8.92. The van der Waals surface area contributed by atoms with E-state index in [1.54, 1.807) is 0 Å². The molecule has 0 aliphatic rings. The third-order valence-electron chi connectivity index (χ3n) is 4.66. The maximum Gasteiger partial charge on any atom is 0.234 e. The van der Waals surface area contributed by atoms with Crippen LogP contribution in [0.3, 0.4) is 0 Å². The largest absolute Gasteiger partial charge is 0.284 e. The second-order valence-corrected chi connectivity index (χ2v) is 7.61. The van der Waals surface area contributed by atoms with Crippen LogP contribution < -0.4 is 0 Å². The van der Waals surface area contributed by atoms with E-state index in [0.29, 0.717) is 11.3 Å². The SMILES string of the molecule is CC(C)(C)c1ccn2c(-c3cccc(-c4ccccc4C#N)c3)cnc2n1. The molecule has 0 saturated carbocycles. The second kappa shape index (κ2) is 6.37. The molecule has 4 rings (SSSR count). The maximum absolute atomic E-state index is 9.39. The van der Waals surface area contributed by atoms with Crippen LogP contribution >= 0.6 is 0 Å². The highest BCUT2D eigenvalue weighted by Gasteiger charge is 2.17. The van der Waals surface area contributed by atoms with Crippen LogP contribution in [0.15, 0.2) is 67.0 Å². The van der Waals surface area contributed by atoms with Crippen molar-refractivity contribution in [1.29, 1.82) is 5.26 Å². The van der Waals surface area contributed by atoms with Gasteiger partial charge in [-0.1, -0.05) is 57.2 Å². The first-order chi connectivity index (χ1) is 13.0. The monoisotopic (exact) mass is 352 g/mol. The number of hydrogen-bond acceptors (Lipinski definition) is 3. The molecule has 0 amide bonds. The molecule has 2 aromatic heterocycles. The Hall–Kier alpha value is -3.45. The molecule has 27 heavy (non-hydrogen) atoms. The molecule has 4 nitrogen and oxygen atoms in total. The number of imidazole rings is 1. The highest BCUT2D eigenvalue weighted by atomic mass is 15.1. The van der Waals surface area contributed by atoms with Crippen molar-refractivity contribution < 1.29 is 0 Å². The lowest BCUT2D eigenvalue weighted by Gasteiger charge is -2.17. The summed E-state index contributed by atoms with van der Waals surface area (Å²) < 4.78 is 2.00. The number of benzene rings is 2. The standard InChI is InChI=1S/C23H20N4/c1-23(2,3)21-11-12-27-20(15-25-22(27)26-21)17-9-6-8-16(13-17)19-10-5-4-7-18(19)14-24/h4-13,15H,1-3H3. The van der Waals surface area contributed by atoms with Crippen LogP contribution in [0.1, 0.15) is 32.0 Å². The van der Waals surface area contributed by atoms with Crippen LogP contribution in [0, 0.1) is 11.3 Å². The highest BCUT2D eigenvalue weighted by Crippen LogP contribution is 2.29. The predicted octanol–water partition coefficient (Wildman–Crippen LogP) is 5.23. The van der Waals surface area contributed by atoms with Gasteiger partial charge in [0, 0.05) is 17.2 Å². The third-order valence-corrected chi connectivity index (χ3v) is 4.66. The molecule has 0 spiro atoms. The number of nitrogens with zero attached hydrogens (tertiary/aromatic N) is 4. The molecular weight excluding hydrogens is 332 g/mol. The molecule has 0 unspecified atom stereocenters. The molecule has 0 bridgehead atoms. The van der Waals surface area contributed by atoms with Gasteiger partial charge in [-0.3, -0.25) is 4.40 Å². The fraction of sp³-hybridized carbons (Fsp3) is 0.174. The summed E-state index contributed by atoms with van der Waals surface area (Å²) in [5.41, 5.74) is 5.64. The molecule has 4 aromatic rings. The summed E-state index contributed by atoms with van der Waals surface area (Å²) in [4.78, 5) is 9.21. The summed E-state index contributed by atoms with van der Waals surface area (Å²) in [6.07, 6.45) is 3.88. The first kappa shape index (κ1) is 17.0. The molecule has 2 heterocycles. The maximum atomic E-state index is 9.39. The summed E-state index contributed by atoms with van der Waals surface area (Å²) in [5, 5.41) is 9.39. The van der Waals surface area contributed by atoms with Crippen molar-refractivity contribution in [3.63, 3.8) is 0 Å².